The second-order valence-electron chi connectivity index (χ2n) is 4.56. The first-order valence-corrected chi connectivity index (χ1v) is 6.21. The van der Waals surface area contributed by atoms with Gasteiger partial charge in [0, 0.05) is 18.0 Å². The molecule has 1 aliphatic carbocycles. The van der Waals surface area contributed by atoms with E-state index in [9.17, 15) is 5.11 Å². The van der Waals surface area contributed by atoms with Gasteiger partial charge in [-0.25, -0.2) is 4.98 Å². The Hall–Kier alpha value is -0.160. The van der Waals surface area contributed by atoms with Gasteiger partial charge in [-0.1, -0.05) is 25.4 Å². The van der Waals surface area contributed by atoms with Gasteiger partial charge in [0.2, 0.25) is 0 Å². The lowest BCUT2D eigenvalue weighted by molar-refractivity contribution is -0.0729. The quantitative estimate of drug-likeness (QED) is 0.858. The average Bonchev–Trinajstić information content (AvgIpc) is 2.58. The Balaban J connectivity index is 1.85. The van der Waals surface area contributed by atoms with Crippen molar-refractivity contribution < 1.29 is 5.11 Å². The molecule has 1 aromatic heterocycles. The summed E-state index contributed by atoms with van der Waals surface area (Å²) in [5.41, 5.74) is -0.0267. The number of hydrogen-bond acceptors (Lipinski definition) is 4. The van der Waals surface area contributed by atoms with Crippen molar-refractivity contribution in [3.05, 3.63) is 15.5 Å². The molecule has 1 aromatic rings. The van der Waals surface area contributed by atoms with Crippen LogP contribution in [-0.2, 0) is 6.54 Å². The van der Waals surface area contributed by atoms with E-state index < -0.39 is 0 Å². The van der Waals surface area contributed by atoms with Crippen LogP contribution in [0, 0.1) is 5.41 Å². The van der Waals surface area contributed by atoms with E-state index in [0.29, 0.717) is 6.04 Å². The van der Waals surface area contributed by atoms with E-state index in [4.69, 9.17) is 11.6 Å². The Bertz CT molecular complexity index is 353. The predicted octanol–water partition coefficient (Wildman–Crippen LogP) is 2.05. The fourth-order valence-corrected chi connectivity index (χ4v) is 2.74. The molecule has 0 amide bonds. The first kappa shape index (κ1) is 11.3. The Morgan fingerprint density at radius 1 is 1.73 bits per heavy atom. The lowest BCUT2D eigenvalue weighted by Crippen LogP contribution is -2.59. The molecule has 1 fully saturated rings. The molecule has 2 atom stereocenters. The normalized spacial score (nSPS) is 28.8. The van der Waals surface area contributed by atoms with Crippen molar-refractivity contribution in [2.24, 2.45) is 5.41 Å². The smallest absolute Gasteiger partial charge is 0.113 e. The molecule has 84 valence electrons. The molecule has 0 spiro atoms. The summed E-state index contributed by atoms with van der Waals surface area (Å²) in [4.78, 5) is 4.17. The molecule has 0 aromatic carbocycles. The van der Waals surface area contributed by atoms with Gasteiger partial charge in [-0.05, 0) is 6.42 Å². The molecular formula is C10H15ClN2OS. The molecular weight excluding hydrogens is 232 g/mol. The van der Waals surface area contributed by atoms with Gasteiger partial charge in [-0.2, -0.15) is 0 Å². The maximum atomic E-state index is 9.57. The van der Waals surface area contributed by atoms with Gasteiger partial charge in [-0.3, -0.25) is 0 Å². The van der Waals surface area contributed by atoms with Crippen LogP contribution in [0.3, 0.4) is 0 Å². The fourth-order valence-electron chi connectivity index (χ4n) is 1.83. The summed E-state index contributed by atoms with van der Waals surface area (Å²) in [6, 6.07) is 0.371. The highest BCUT2D eigenvalue weighted by Crippen LogP contribution is 2.40. The predicted molar refractivity (Wildman–Crippen MR) is 62.2 cm³/mol. The third-order valence-electron chi connectivity index (χ3n) is 3.24. The van der Waals surface area contributed by atoms with Crippen molar-refractivity contribution in [3.8, 4) is 0 Å². The molecule has 0 bridgehead atoms. The van der Waals surface area contributed by atoms with E-state index in [1.165, 1.54) is 11.3 Å². The van der Waals surface area contributed by atoms with Crippen LogP contribution in [0.25, 0.3) is 0 Å². The molecule has 2 unspecified atom stereocenters. The summed E-state index contributed by atoms with van der Waals surface area (Å²) in [6.07, 6.45) is 2.31. The minimum absolute atomic E-state index is 0.0267. The molecule has 3 nitrogen and oxygen atoms in total. The molecule has 0 aliphatic heterocycles. The second-order valence-corrected chi connectivity index (χ2v) is 6.31. The Kier molecular flexibility index (Phi) is 3.03. The van der Waals surface area contributed by atoms with E-state index in [0.717, 1.165) is 22.3 Å². The largest absolute Gasteiger partial charge is 0.392 e. The van der Waals surface area contributed by atoms with Crippen molar-refractivity contribution in [3.63, 3.8) is 0 Å². The molecule has 1 heterocycles. The first-order valence-electron chi connectivity index (χ1n) is 5.02. The zero-order chi connectivity index (χ0) is 11.1. The lowest BCUT2D eigenvalue weighted by Gasteiger charge is -2.49. The number of nitrogens with zero attached hydrogens (tertiary/aromatic N) is 1. The van der Waals surface area contributed by atoms with Crippen molar-refractivity contribution in [1.29, 1.82) is 0 Å². The molecule has 1 aliphatic rings. The Morgan fingerprint density at radius 3 is 2.93 bits per heavy atom. The number of halogens is 1. The maximum absolute atomic E-state index is 9.57. The van der Waals surface area contributed by atoms with Crippen LogP contribution < -0.4 is 5.32 Å². The third kappa shape index (κ3) is 2.18. The Morgan fingerprint density at radius 2 is 2.47 bits per heavy atom. The highest BCUT2D eigenvalue weighted by atomic mass is 35.5. The lowest BCUT2D eigenvalue weighted by atomic mass is 9.64. The van der Waals surface area contributed by atoms with Crippen molar-refractivity contribution in [1.82, 2.24) is 10.3 Å². The van der Waals surface area contributed by atoms with Gasteiger partial charge < -0.3 is 10.4 Å². The third-order valence-corrected chi connectivity index (χ3v) is 4.36. The van der Waals surface area contributed by atoms with E-state index in [1.807, 2.05) is 0 Å². The van der Waals surface area contributed by atoms with E-state index in [-0.39, 0.29) is 11.5 Å². The molecule has 2 N–H and O–H groups in total. The highest BCUT2D eigenvalue weighted by molar-refractivity contribution is 7.15. The van der Waals surface area contributed by atoms with Crippen molar-refractivity contribution >= 4 is 22.9 Å². The monoisotopic (exact) mass is 246 g/mol. The van der Waals surface area contributed by atoms with Crippen LogP contribution in [0.4, 0.5) is 0 Å². The van der Waals surface area contributed by atoms with E-state index >= 15 is 0 Å². The van der Waals surface area contributed by atoms with Gasteiger partial charge in [0.05, 0.1) is 12.3 Å². The summed E-state index contributed by atoms with van der Waals surface area (Å²) in [5, 5.41) is 14.0. The van der Waals surface area contributed by atoms with Crippen LogP contribution in [0.2, 0.25) is 4.34 Å². The van der Waals surface area contributed by atoms with Crippen molar-refractivity contribution in [2.45, 2.75) is 39.0 Å². The molecule has 2 rings (SSSR count). The van der Waals surface area contributed by atoms with Crippen LogP contribution in [0.15, 0.2) is 6.20 Å². The van der Waals surface area contributed by atoms with Crippen molar-refractivity contribution in [2.75, 3.05) is 0 Å². The SMILES string of the molecule is CC1(C)C(O)CC1NCc1ncc(Cl)s1. The topological polar surface area (TPSA) is 45.1 Å². The number of thiazole rings is 1. The van der Waals surface area contributed by atoms with Gasteiger partial charge in [0.1, 0.15) is 9.34 Å². The van der Waals surface area contributed by atoms with Crippen LogP contribution in [-0.4, -0.2) is 22.2 Å². The van der Waals surface area contributed by atoms with Crippen LogP contribution in [0.5, 0.6) is 0 Å². The van der Waals surface area contributed by atoms with Gasteiger partial charge in [-0.15, -0.1) is 11.3 Å². The number of nitrogens with one attached hydrogen (secondary N) is 1. The molecule has 0 radical (unpaired) electrons. The number of aliphatic hydroxyl groups is 1. The number of rotatable bonds is 3. The van der Waals surface area contributed by atoms with Crippen LogP contribution in [0.1, 0.15) is 25.3 Å². The maximum Gasteiger partial charge on any atom is 0.113 e. The minimum Gasteiger partial charge on any atom is -0.392 e. The zero-order valence-electron chi connectivity index (χ0n) is 8.83. The number of aliphatic hydroxyl groups excluding tert-OH is 1. The van der Waals surface area contributed by atoms with E-state index in [2.05, 4.69) is 24.1 Å². The first-order chi connectivity index (χ1) is 7.00. The number of aromatic nitrogens is 1. The molecule has 0 saturated heterocycles. The van der Waals surface area contributed by atoms with Gasteiger partial charge in [0.25, 0.3) is 0 Å². The fraction of sp³-hybridized carbons (Fsp3) is 0.700. The van der Waals surface area contributed by atoms with Crippen LogP contribution >= 0.6 is 22.9 Å². The molecule has 15 heavy (non-hydrogen) atoms. The average molecular weight is 247 g/mol. The summed E-state index contributed by atoms with van der Waals surface area (Å²) in [6.45, 7) is 4.89. The van der Waals surface area contributed by atoms with E-state index in [1.54, 1.807) is 6.20 Å². The highest BCUT2D eigenvalue weighted by Gasteiger charge is 2.46. The summed E-state index contributed by atoms with van der Waals surface area (Å²) < 4.78 is 0.722. The summed E-state index contributed by atoms with van der Waals surface area (Å²) >= 11 is 7.29. The molecule has 5 heteroatoms. The zero-order valence-corrected chi connectivity index (χ0v) is 10.4. The summed E-state index contributed by atoms with van der Waals surface area (Å²) in [5.74, 6) is 0. The number of hydrogen-bond donors (Lipinski definition) is 2. The standard InChI is InChI=1S/C10H15ClN2OS/c1-10(2)6(3-7(10)14)12-5-9-13-4-8(11)15-9/h4,6-7,12,14H,3,5H2,1-2H3. The van der Waals surface area contributed by atoms with Gasteiger partial charge >= 0.3 is 0 Å². The van der Waals surface area contributed by atoms with Gasteiger partial charge in [0.15, 0.2) is 0 Å². The summed E-state index contributed by atoms with van der Waals surface area (Å²) in [7, 11) is 0. The Labute approximate surface area is 98.5 Å². The minimum atomic E-state index is -0.185. The molecule has 1 saturated carbocycles. The second kappa shape index (κ2) is 4.01.